The second-order valence-corrected chi connectivity index (χ2v) is 5.47. The molecule has 0 saturated carbocycles. The lowest BCUT2D eigenvalue weighted by Crippen LogP contribution is -2.31. The van der Waals surface area contributed by atoms with Gasteiger partial charge in [0.15, 0.2) is 6.61 Å². The lowest BCUT2D eigenvalue weighted by molar-refractivity contribution is -0.132. The zero-order valence-electron chi connectivity index (χ0n) is 12.7. The summed E-state index contributed by atoms with van der Waals surface area (Å²) in [6.07, 6.45) is 0. The number of nitrogens with two attached hydrogens (primary N) is 1. The fourth-order valence-electron chi connectivity index (χ4n) is 2.02. The molecule has 2 N–H and O–H groups in total. The number of primary amides is 1. The first-order valence-electron chi connectivity index (χ1n) is 6.97. The molecule has 0 heterocycles. The monoisotopic (exact) mass is 332 g/mol. The molecule has 0 aliphatic carbocycles. The van der Waals surface area contributed by atoms with Crippen LogP contribution in [0.3, 0.4) is 0 Å². The van der Waals surface area contributed by atoms with E-state index in [-0.39, 0.29) is 23.8 Å². The van der Waals surface area contributed by atoms with Crippen molar-refractivity contribution in [2.45, 2.75) is 6.54 Å². The lowest BCUT2D eigenvalue weighted by Gasteiger charge is -2.18. The molecule has 0 aliphatic rings. The Labute approximate surface area is 139 Å². The Balaban J connectivity index is 1.98. The standard InChI is InChI=1S/C17H17ClN2O3/c1-20(10-12-5-3-2-4-6-12)16(21)11-23-15-8-7-13(18)9-14(15)17(19)22/h2-9H,10-11H2,1H3,(H2,19,22). The van der Waals surface area contributed by atoms with E-state index in [2.05, 4.69) is 0 Å². The first-order chi connectivity index (χ1) is 11.0. The van der Waals surface area contributed by atoms with Crippen LogP contribution in [0.4, 0.5) is 0 Å². The minimum Gasteiger partial charge on any atom is -0.483 e. The summed E-state index contributed by atoms with van der Waals surface area (Å²) in [7, 11) is 1.69. The predicted octanol–water partition coefficient (Wildman–Crippen LogP) is 2.48. The second-order valence-electron chi connectivity index (χ2n) is 5.03. The number of hydrogen-bond acceptors (Lipinski definition) is 3. The molecule has 2 amide bonds. The minimum absolute atomic E-state index is 0.149. The summed E-state index contributed by atoms with van der Waals surface area (Å²) in [6, 6.07) is 14.1. The molecule has 2 aromatic rings. The van der Waals surface area contributed by atoms with Crippen molar-refractivity contribution in [3.05, 3.63) is 64.7 Å². The maximum Gasteiger partial charge on any atom is 0.260 e. The zero-order valence-corrected chi connectivity index (χ0v) is 13.4. The van der Waals surface area contributed by atoms with Gasteiger partial charge in [-0.15, -0.1) is 0 Å². The van der Waals surface area contributed by atoms with Gasteiger partial charge >= 0.3 is 0 Å². The van der Waals surface area contributed by atoms with Crippen LogP contribution < -0.4 is 10.5 Å². The summed E-state index contributed by atoms with van der Waals surface area (Å²) in [6.45, 7) is 0.289. The molecule has 0 fully saturated rings. The summed E-state index contributed by atoms with van der Waals surface area (Å²) >= 11 is 5.83. The van der Waals surface area contributed by atoms with Crippen LogP contribution in [0.25, 0.3) is 0 Å². The molecular weight excluding hydrogens is 316 g/mol. The molecular formula is C17H17ClN2O3. The number of nitrogens with zero attached hydrogens (tertiary/aromatic N) is 1. The van der Waals surface area contributed by atoms with Crippen LogP contribution in [-0.2, 0) is 11.3 Å². The average Bonchev–Trinajstić information content (AvgIpc) is 2.54. The molecule has 23 heavy (non-hydrogen) atoms. The first kappa shape index (κ1) is 16.8. The Hall–Kier alpha value is -2.53. The summed E-state index contributed by atoms with van der Waals surface area (Å²) in [5.74, 6) is -0.629. The van der Waals surface area contributed by atoms with Gasteiger partial charge in [-0.2, -0.15) is 0 Å². The van der Waals surface area contributed by atoms with Gasteiger partial charge in [0, 0.05) is 18.6 Å². The molecule has 2 aromatic carbocycles. The largest absolute Gasteiger partial charge is 0.483 e. The number of benzene rings is 2. The molecule has 6 heteroatoms. The number of hydrogen-bond donors (Lipinski definition) is 1. The summed E-state index contributed by atoms with van der Waals surface area (Å²) < 4.78 is 5.42. The molecule has 0 aromatic heterocycles. The van der Waals surface area contributed by atoms with Crippen LogP contribution in [0.2, 0.25) is 5.02 Å². The van der Waals surface area contributed by atoms with E-state index < -0.39 is 5.91 Å². The molecule has 0 radical (unpaired) electrons. The van der Waals surface area contributed by atoms with Crippen molar-refractivity contribution in [2.24, 2.45) is 5.73 Å². The fraction of sp³-hybridized carbons (Fsp3) is 0.176. The Morgan fingerprint density at radius 3 is 2.52 bits per heavy atom. The van der Waals surface area contributed by atoms with Crippen LogP contribution in [0, 0.1) is 0 Å². The van der Waals surface area contributed by atoms with Gasteiger partial charge in [-0.1, -0.05) is 41.9 Å². The molecule has 0 spiro atoms. The Morgan fingerprint density at radius 1 is 1.17 bits per heavy atom. The highest BCUT2D eigenvalue weighted by Crippen LogP contribution is 2.22. The van der Waals surface area contributed by atoms with Gasteiger partial charge in [0.2, 0.25) is 0 Å². The number of rotatable bonds is 6. The molecule has 0 saturated heterocycles. The maximum absolute atomic E-state index is 12.1. The number of ether oxygens (including phenoxy) is 1. The van der Waals surface area contributed by atoms with E-state index in [1.54, 1.807) is 18.0 Å². The SMILES string of the molecule is CN(Cc1ccccc1)C(=O)COc1ccc(Cl)cc1C(N)=O. The summed E-state index contributed by atoms with van der Waals surface area (Å²) in [5.41, 5.74) is 6.45. The summed E-state index contributed by atoms with van der Waals surface area (Å²) in [4.78, 5) is 25.1. The van der Waals surface area contributed by atoms with Gasteiger partial charge in [-0.3, -0.25) is 9.59 Å². The van der Waals surface area contributed by atoms with Crippen molar-refractivity contribution in [3.8, 4) is 5.75 Å². The Bertz CT molecular complexity index is 704. The third kappa shape index (κ3) is 4.72. The van der Waals surface area contributed by atoms with Gasteiger partial charge in [0.05, 0.1) is 5.56 Å². The molecule has 0 bridgehead atoms. The normalized spacial score (nSPS) is 10.2. The number of likely N-dealkylation sites (N-methyl/N-ethyl adjacent to an activating group) is 1. The third-order valence-corrected chi connectivity index (χ3v) is 3.48. The highest BCUT2D eigenvalue weighted by atomic mass is 35.5. The van der Waals surface area contributed by atoms with E-state index in [1.807, 2.05) is 30.3 Å². The van der Waals surface area contributed by atoms with E-state index in [1.165, 1.54) is 12.1 Å². The molecule has 0 aliphatic heterocycles. The minimum atomic E-state index is -0.660. The third-order valence-electron chi connectivity index (χ3n) is 3.25. The van der Waals surface area contributed by atoms with Gasteiger partial charge in [0.1, 0.15) is 5.75 Å². The van der Waals surface area contributed by atoms with Crippen LogP contribution in [0.15, 0.2) is 48.5 Å². The van der Waals surface area contributed by atoms with E-state index in [4.69, 9.17) is 22.1 Å². The van der Waals surface area contributed by atoms with Crippen molar-refractivity contribution in [1.29, 1.82) is 0 Å². The van der Waals surface area contributed by atoms with Crippen molar-refractivity contribution in [2.75, 3.05) is 13.7 Å². The van der Waals surface area contributed by atoms with Crippen molar-refractivity contribution in [1.82, 2.24) is 4.90 Å². The van der Waals surface area contributed by atoms with Crippen molar-refractivity contribution >= 4 is 23.4 Å². The van der Waals surface area contributed by atoms with E-state index in [0.717, 1.165) is 5.56 Å². The van der Waals surface area contributed by atoms with E-state index in [9.17, 15) is 9.59 Å². The Kier molecular flexibility index (Phi) is 5.60. The molecule has 5 nitrogen and oxygen atoms in total. The van der Waals surface area contributed by atoms with Crippen molar-refractivity contribution < 1.29 is 14.3 Å². The van der Waals surface area contributed by atoms with Crippen LogP contribution >= 0.6 is 11.6 Å². The highest BCUT2D eigenvalue weighted by molar-refractivity contribution is 6.31. The fourth-order valence-corrected chi connectivity index (χ4v) is 2.19. The zero-order chi connectivity index (χ0) is 16.8. The maximum atomic E-state index is 12.1. The number of halogens is 1. The predicted molar refractivity (Wildman–Crippen MR) is 88.4 cm³/mol. The van der Waals surface area contributed by atoms with Crippen molar-refractivity contribution in [3.63, 3.8) is 0 Å². The van der Waals surface area contributed by atoms with Gasteiger partial charge < -0.3 is 15.4 Å². The van der Waals surface area contributed by atoms with Crippen LogP contribution in [0.5, 0.6) is 5.75 Å². The lowest BCUT2D eigenvalue weighted by atomic mass is 10.2. The molecule has 0 atom stereocenters. The molecule has 120 valence electrons. The smallest absolute Gasteiger partial charge is 0.260 e. The number of carbonyl (C=O) groups excluding carboxylic acids is 2. The van der Waals surface area contributed by atoms with Gasteiger partial charge in [-0.25, -0.2) is 0 Å². The highest BCUT2D eigenvalue weighted by Gasteiger charge is 2.14. The van der Waals surface area contributed by atoms with E-state index in [0.29, 0.717) is 11.6 Å². The van der Waals surface area contributed by atoms with Crippen LogP contribution in [0.1, 0.15) is 15.9 Å². The van der Waals surface area contributed by atoms with Gasteiger partial charge in [-0.05, 0) is 23.8 Å². The molecule has 2 rings (SSSR count). The van der Waals surface area contributed by atoms with Gasteiger partial charge in [0.25, 0.3) is 11.8 Å². The van der Waals surface area contributed by atoms with E-state index >= 15 is 0 Å². The first-order valence-corrected chi connectivity index (χ1v) is 7.35. The second kappa shape index (κ2) is 7.65. The summed E-state index contributed by atoms with van der Waals surface area (Å²) in [5, 5.41) is 0.374. The molecule has 0 unspecified atom stereocenters. The quantitative estimate of drug-likeness (QED) is 0.883. The van der Waals surface area contributed by atoms with Crippen LogP contribution in [-0.4, -0.2) is 30.4 Å². The number of amides is 2. The number of carbonyl (C=O) groups is 2. The topological polar surface area (TPSA) is 72.6 Å². The average molecular weight is 333 g/mol. The Morgan fingerprint density at radius 2 is 1.87 bits per heavy atom.